The monoisotopic (exact) mass is 379 g/mol. The summed E-state index contributed by atoms with van der Waals surface area (Å²) >= 11 is 5.27. The van der Waals surface area contributed by atoms with Crippen molar-refractivity contribution in [1.82, 2.24) is 5.32 Å². The Hall–Kier alpha value is -0.0400. The van der Waals surface area contributed by atoms with E-state index in [1.807, 2.05) is 12.1 Å². The first-order valence-corrected chi connectivity index (χ1v) is 10.5. The summed E-state index contributed by atoms with van der Waals surface area (Å²) in [7, 11) is -2.85. The zero-order chi connectivity index (χ0) is 15.0. The van der Waals surface area contributed by atoms with Gasteiger partial charge in [0.15, 0.2) is 0 Å². The van der Waals surface area contributed by atoms with Gasteiger partial charge in [0, 0.05) is 33.2 Å². The second-order valence-electron chi connectivity index (χ2n) is 4.80. The summed E-state index contributed by atoms with van der Waals surface area (Å²) in [5, 5.41) is 3.43. The molecule has 1 rings (SSSR count). The van der Waals surface area contributed by atoms with E-state index in [4.69, 9.17) is 0 Å². The number of rotatable bonds is 9. The van der Waals surface area contributed by atoms with Crippen molar-refractivity contribution < 1.29 is 8.42 Å². The summed E-state index contributed by atoms with van der Waals surface area (Å²) in [5.41, 5.74) is 0. The molecular formula is C14H22BrNO2S2. The Morgan fingerprint density at radius 1 is 1.40 bits per heavy atom. The van der Waals surface area contributed by atoms with Crippen LogP contribution < -0.4 is 5.32 Å². The smallest absolute Gasteiger partial charge is 0.147 e. The Labute approximate surface area is 135 Å². The molecule has 1 unspecified atom stereocenters. The lowest BCUT2D eigenvalue weighted by molar-refractivity contribution is 0.527. The topological polar surface area (TPSA) is 46.2 Å². The molecule has 6 heteroatoms. The molecule has 1 N–H and O–H groups in total. The van der Waals surface area contributed by atoms with Crippen molar-refractivity contribution in [1.29, 1.82) is 0 Å². The maximum absolute atomic E-state index is 11.2. The van der Waals surface area contributed by atoms with Gasteiger partial charge in [-0.15, -0.1) is 11.8 Å². The molecule has 0 bridgehead atoms. The summed E-state index contributed by atoms with van der Waals surface area (Å²) < 4.78 is 23.4. The van der Waals surface area contributed by atoms with Crippen LogP contribution in [0.3, 0.4) is 0 Å². The van der Waals surface area contributed by atoms with Crippen molar-refractivity contribution in [3.8, 4) is 0 Å². The van der Waals surface area contributed by atoms with Crippen LogP contribution in [0.5, 0.6) is 0 Å². The lowest BCUT2D eigenvalue weighted by Crippen LogP contribution is -2.31. The molecule has 114 valence electrons. The summed E-state index contributed by atoms with van der Waals surface area (Å²) in [6.45, 7) is 2.98. The SMILES string of the molecule is CCNC(CCCS(C)(=O)=O)CSc1cccc(Br)c1. The van der Waals surface area contributed by atoms with Crippen LogP contribution >= 0.6 is 27.7 Å². The average molecular weight is 380 g/mol. The Morgan fingerprint density at radius 3 is 2.75 bits per heavy atom. The molecule has 0 spiro atoms. The van der Waals surface area contributed by atoms with Crippen LogP contribution in [0.15, 0.2) is 33.6 Å². The van der Waals surface area contributed by atoms with E-state index in [1.165, 1.54) is 11.2 Å². The highest BCUT2D eigenvalue weighted by atomic mass is 79.9. The average Bonchev–Trinajstić information content (AvgIpc) is 2.34. The largest absolute Gasteiger partial charge is 0.313 e. The van der Waals surface area contributed by atoms with Crippen molar-refractivity contribution in [3.63, 3.8) is 0 Å². The van der Waals surface area contributed by atoms with E-state index in [-0.39, 0.29) is 5.75 Å². The van der Waals surface area contributed by atoms with Gasteiger partial charge in [-0.25, -0.2) is 8.42 Å². The van der Waals surface area contributed by atoms with Crippen LogP contribution in [0.1, 0.15) is 19.8 Å². The molecule has 0 heterocycles. The molecule has 0 fully saturated rings. The fraction of sp³-hybridized carbons (Fsp3) is 0.571. The standard InChI is InChI=1S/C14H22BrNO2S2/c1-3-16-13(7-5-9-20(2,17)18)11-19-14-8-4-6-12(15)10-14/h4,6,8,10,13,16H,3,5,7,9,11H2,1-2H3. The number of halogens is 1. The summed E-state index contributed by atoms with van der Waals surface area (Å²) in [6.07, 6.45) is 2.91. The number of sulfone groups is 1. The second-order valence-corrected chi connectivity index (χ2v) is 9.06. The zero-order valence-corrected chi connectivity index (χ0v) is 15.2. The van der Waals surface area contributed by atoms with Gasteiger partial charge in [0.25, 0.3) is 0 Å². The van der Waals surface area contributed by atoms with E-state index < -0.39 is 9.84 Å². The van der Waals surface area contributed by atoms with Crippen LogP contribution in [0.2, 0.25) is 0 Å². The molecule has 1 aromatic rings. The van der Waals surface area contributed by atoms with Crippen LogP contribution in [0.25, 0.3) is 0 Å². The van der Waals surface area contributed by atoms with Crippen molar-refractivity contribution in [2.24, 2.45) is 0 Å². The van der Waals surface area contributed by atoms with Crippen molar-refractivity contribution in [2.75, 3.05) is 24.3 Å². The number of hydrogen-bond donors (Lipinski definition) is 1. The number of hydrogen-bond acceptors (Lipinski definition) is 4. The fourth-order valence-corrected chi connectivity index (χ4v) is 4.18. The lowest BCUT2D eigenvalue weighted by atomic mass is 10.2. The molecule has 0 aliphatic heterocycles. The maximum atomic E-state index is 11.2. The third-order valence-electron chi connectivity index (χ3n) is 2.81. The number of thioether (sulfide) groups is 1. The van der Waals surface area contributed by atoms with E-state index >= 15 is 0 Å². The van der Waals surface area contributed by atoms with Gasteiger partial charge in [0.2, 0.25) is 0 Å². The van der Waals surface area contributed by atoms with E-state index in [9.17, 15) is 8.42 Å². The fourth-order valence-electron chi connectivity index (χ4n) is 1.88. The Morgan fingerprint density at radius 2 is 2.15 bits per heavy atom. The first-order valence-electron chi connectivity index (χ1n) is 6.70. The Bertz CT molecular complexity index is 506. The van der Waals surface area contributed by atoms with Crippen molar-refractivity contribution >= 4 is 37.5 Å². The minimum absolute atomic E-state index is 0.274. The number of benzene rings is 1. The minimum atomic E-state index is -2.85. The normalized spacial score (nSPS) is 13.3. The van der Waals surface area contributed by atoms with E-state index in [1.54, 1.807) is 11.8 Å². The van der Waals surface area contributed by atoms with Crippen LogP contribution in [-0.4, -0.2) is 38.8 Å². The minimum Gasteiger partial charge on any atom is -0.313 e. The molecule has 3 nitrogen and oxygen atoms in total. The molecule has 1 atom stereocenters. The molecule has 20 heavy (non-hydrogen) atoms. The molecule has 0 aromatic heterocycles. The third-order valence-corrected chi connectivity index (χ3v) is 5.49. The molecule has 0 radical (unpaired) electrons. The quantitative estimate of drug-likeness (QED) is 0.668. The summed E-state index contributed by atoms with van der Waals surface area (Å²) in [5.74, 6) is 1.23. The highest BCUT2D eigenvalue weighted by Gasteiger charge is 2.10. The molecule has 0 amide bonds. The van der Waals surface area contributed by atoms with Crippen LogP contribution in [0.4, 0.5) is 0 Å². The summed E-state index contributed by atoms with van der Waals surface area (Å²) in [4.78, 5) is 1.23. The van der Waals surface area contributed by atoms with Crippen LogP contribution in [-0.2, 0) is 9.84 Å². The van der Waals surface area contributed by atoms with E-state index in [0.717, 1.165) is 29.6 Å². The maximum Gasteiger partial charge on any atom is 0.147 e. The Balaban J connectivity index is 2.42. The zero-order valence-electron chi connectivity index (χ0n) is 11.9. The molecular weight excluding hydrogens is 358 g/mol. The van der Waals surface area contributed by atoms with Gasteiger partial charge in [-0.3, -0.25) is 0 Å². The van der Waals surface area contributed by atoms with Gasteiger partial charge in [-0.2, -0.15) is 0 Å². The number of nitrogens with one attached hydrogen (secondary N) is 1. The molecule has 0 saturated carbocycles. The third kappa shape index (κ3) is 8.29. The lowest BCUT2D eigenvalue weighted by Gasteiger charge is -2.17. The van der Waals surface area contributed by atoms with Gasteiger partial charge in [0.05, 0.1) is 0 Å². The second kappa shape index (κ2) is 9.07. The van der Waals surface area contributed by atoms with Gasteiger partial charge >= 0.3 is 0 Å². The van der Waals surface area contributed by atoms with Gasteiger partial charge in [-0.1, -0.05) is 28.9 Å². The molecule has 0 aliphatic rings. The van der Waals surface area contributed by atoms with Crippen molar-refractivity contribution in [2.45, 2.75) is 30.7 Å². The molecule has 0 saturated heterocycles. The first kappa shape index (κ1) is 18.0. The highest BCUT2D eigenvalue weighted by Crippen LogP contribution is 2.23. The van der Waals surface area contributed by atoms with Crippen LogP contribution in [0, 0.1) is 0 Å². The summed E-state index contributed by atoms with van der Waals surface area (Å²) in [6, 6.07) is 8.58. The van der Waals surface area contributed by atoms with Gasteiger partial charge in [-0.05, 0) is 37.6 Å². The first-order chi connectivity index (χ1) is 9.40. The van der Waals surface area contributed by atoms with Crippen molar-refractivity contribution in [3.05, 3.63) is 28.7 Å². The van der Waals surface area contributed by atoms with Gasteiger partial charge < -0.3 is 5.32 Å². The van der Waals surface area contributed by atoms with E-state index in [0.29, 0.717) is 6.04 Å². The predicted octanol–water partition coefficient (Wildman–Crippen LogP) is 3.34. The van der Waals surface area contributed by atoms with Gasteiger partial charge in [0.1, 0.15) is 9.84 Å². The Kier molecular flexibility index (Phi) is 8.17. The predicted molar refractivity (Wildman–Crippen MR) is 91.3 cm³/mol. The van der Waals surface area contributed by atoms with E-state index in [2.05, 4.69) is 40.3 Å². The highest BCUT2D eigenvalue weighted by molar-refractivity contribution is 9.10. The molecule has 1 aromatic carbocycles. The molecule has 0 aliphatic carbocycles.